The number of halogens is 2. The van der Waals surface area contributed by atoms with Crippen molar-refractivity contribution in [1.82, 2.24) is 0 Å². The van der Waals surface area contributed by atoms with Gasteiger partial charge in [-0.3, -0.25) is 4.79 Å². The fourth-order valence-corrected chi connectivity index (χ4v) is 2.62. The molecule has 0 saturated heterocycles. The van der Waals surface area contributed by atoms with E-state index in [0.717, 1.165) is 11.1 Å². The molecule has 0 spiro atoms. The largest absolute Gasteiger partial charge is 0.320 e. The SMILES string of the molecule is Cc1cc(C)c(NC(=O)C(C#N)=Cc2ccc(Cl)cc2)c(Cl)c1. The Morgan fingerprint density at radius 2 is 1.83 bits per heavy atom. The standard InChI is InChI=1S/C18H14Cl2N2O/c1-11-7-12(2)17(16(20)8-11)22-18(23)14(10-21)9-13-3-5-15(19)6-4-13/h3-9H,1-2H3,(H,22,23). The molecule has 0 aliphatic rings. The average Bonchev–Trinajstić information content (AvgIpc) is 2.50. The topological polar surface area (TPSA) is 52.9 Å². The lowest BCUT2D eigenvalue weighted by Gasteiger charge is -2.11. The Morgan fingerprint density at radius 1 is 1.17 bits per heavy atom. The van der Waals surface area contributed by atoms with E-state index in [4.69, 9.17) is 23.2 Å². The van der Waals surface area contributed by atoms with E-state index in [0.29, 0.717) is 21.3 Å². The fraction of sp³-hybridized carbons (Fsp3) is 0.111. The van der Waals surface area contributed by atoms with Crippen LogP contribution in [0.4, 0.5) is 5.69 Å². The smallest absolute Gasteiger partial charge is 0.266 e. The van der Waals surface area contributed by atoms with Crippen molar-refractivity contribution in [1.29, 1.82) is 5.26 Å². The molecule has 2 aromatic carbocycles. The van der Waals surface area contributed by atoms with Crippen LogP contribution in [-0.2, 0) is 4.79 Å². The predicted octanol–water partition coefficient (Wildman–Crippen LogP) is 5.16. The molecule has 1 N–H and O–H groups in total. The zero-order valence-electron chi connectivity index (χ0n) is 12.7. The third-order valence-electron chi connectivity index (χ3n) is 3.22. The van der Waals surface area contributed by atoms with Crippen LogP contribution in [0.25, 0.3) is 6.08 Å². The number of aryl methyl sites for hydroxylation is 2. The van der Waals surface area contributed by atoms with Gasteiger partial charge in [-0.25, -0.2) is 0 Å². The number of amides is 1. The molecule has 5 heteroatoms. The van der Waals surface area contributed by atoms with Crippen molar-refractivity contribution in [3.8, 4) is 6.07 Å². The lowest BCUT2D eigenvalue weighted by atomic mass is 10.1. The van der Waals surface area contributed by atoms with Crippen molar-refractivity contribution in [3.05, 3.63) is 68.7 Å². The van der Waals surface area contributed by atoms with Crippen LogP contribution in [0.15, 0.2) is 42.0 Å². The first-order valence-electron chi connectivity index (χ1n) is 6.86. The molecule has 2 rings (SSSR count). The Labute approximate surface area is 145 Å². The second kappa shape index (κ2) is 7.32. The molecule has 0 aromatic heterocycles. The second-order valence-corrected chi connectivity index (χ2v) is 5.96. The summed E-state index contributed by atoms with van der Waals surface area (Å²) in [6.07, 6.45) is 1.50. The minimum Gasteiger partial charge on any atom is -0.320 e. The highest BCUT2D eigenvalue weighted by Gasteiger charge is 2.13. The van der Waals surface area contributed by atoms with Crippen LogP contribution in [0.5, 0.6) is 0 Å². The van der Waals surface area contributed by atoms with Gasteiger partial charge in [-0.05, 0) is 54.8 Å². The van der Waals surface area contributed by atoms with Crippen molar-refractivity contribution >= 4 is 40.9 Å². The highest BCUT2D eigenvalue weighted by atomic mass is 35.5. The number of rotatable bonds is 3. The molecule has 0 bridgehead atoms. The molecule has 2 aromatic rings. The van der Waals surface area contributed by atoms with Gasteiger partial charge in [-0.2, -0.15) is 5.26 Å². The van der Waals surface area contributed by atoms with Gasteiger partial charge in [0.25, 0.3) is 5.91 Å². The summed E-state index contributed by atoms with van der Waals surface area (Å²) >= 11 is 12.0. The van der Waals surface area contributed by atoms with E-state index in [-0.39, 0.29) is 5.57 Å². The molecule has 0 aliphatic carbocycles. The van der Waals surface area contributed by atoms with Gasteiger partial charge < -0.3 is 5.32 Å². The molecule has 0 radical (unpaired) electrons. The molecule has 0 atom stereocenters. The van der Waals surface area contributed by atoms with Crippen LogP contribution >= 0.6 is 23.2 Å². The van der Waals surface area contributed by atoms with Crippen molar-refractivity contribution in [2.75, 3.05) is 5.32 Å². The first-order valence-corrected chi connectivity index (χ1v) is 7.62. The number of carbonyl (C=O) groups excluding carboxylic acids is 1. The molecule has 0 unspecified atom stereocenters. The van der Waals surface area contributed by atoms with E-state index in [1.807, 2.05) is 26.0 Å². The second-order valence-electron chi connectivity index (χ2n) is 5.11. The Morgan fingerprint density at radius 3 is 2.39 bits per heavy atom. The van der Waals surface area contributed by atoms with Gasteiger partial charge in [-0.15, -0.1) is 0 Å². The molecular formula is C18H14Cl2N2O. The number of anilines is 1. The van der Waals surface area contributed by atoms with Crippen LogP contribution in [0.1, 0.15) is 16.7 Å². The number of nitrogens with zero attached hydrogens (tertiary/aromatic N) is 1. The van der Waals surface area contributed by atoms with Gasteiger partial charge >= 0.3 is 0 Å². The first-order chi connectivity index (χ1) is 10.9. The predicted molar refractivity (Wildman–Crippen MR) is 94.6 cm³/mol. The quantitative estimate of drug-likeness (QED) is 0.617. The summed E-state index contributed by atoms with van der Waals surface area (Å²) in [6.45, 7) is 3.77. The molecule has 116 valence electrons. The summed E-state index contributed by atoms with van der Waals surface area (Å²) in [5.41, 5.74) is 3.06. The van der Waals surface area contributed by atoms with E-state index in [1.165, 1.54) is 6.08 Å². The Kier molecular flexibility index (Phi) is 5.44. The lowest BCUT2D eigenvalue weighted by molar-refractivity contribution is -0.112. The maximum atomic E-state index is 12.3. The highest BCUT2D eigenvalue weighted by molar-refractivity contribution is 6.34. The summed E-state index contributed by atoms with van der Waals surface area (Å²) in [6, 6.07) is 12.4. The van der Waals surface area contributed by atoms with Crippen LogP contribution in [0.2, 0.25) is 10.0 Å². The van der Waals surface area contributed by atoms with Gasteiger partial charge in [0.15, 0.2) is 0 Å². The summed E-state index contributed by atoms with van der Waals surface area (Å²) in [5, 5.41) is 13.0. The van der Waals surface area contributed by atoms with E-state index < -0.39 is 5.91 Å². The Balaban J connectivity index is 2.28. The van der Waals surface area contributed by atoms with Crippen LogP contribution in [0, 0.1) is 25.2 Å². The highest BCUT2D eigenvalue weighted by Crippen LogP contribution is 2.27. The van der Waals surface area contributed by atoms with Crippen LogP contribution in [-0.4, -0.2) is 5.91 Å². The van der Waals surface area contributed by atoms with Crippen molar-refractivity contribution in [3.63, 3.8) is 0 Å². The van der Waals surface area contributed by atoms with Crippen molar-refractivity contribution in [2.45, 2.75) is 13.8 Å². The van der Waals surface area contributed by atoms with Crippen LogP contribution < -0.4 is 5.32 Å². The number of nitriles is 1. The zero-order valence-corrected chi connectivity index (χ0v) is 14.2. The average molecular weight is 345 g/mol. The van der Waals surface area contributed by atoms with E-state index >= 15 is 0 Å². The lowest BCUT2D eigenvalue weighted by Crippen LogP contribution is -2.14. The fourth-order valence-electron chi connectivity index (χ4n) is 2.13. The minimum absolute atomic E-state index is 0.0108. The molecule has 0 aliphatic heterocycles. The molecule has 23 heavy (non-hydrogen) atoms. The molecule has 1 amide bonds. The van der Waals surface area contributed by atoms with E-state index in [1.54, 1.807) is 30.3 Å². The van der Waals surface area contributed by atoms with Crippen molar-refractivity contribution in [2.24, 2.45) is 0 Å². The van der Waals surface area contributed by atoms with Gasteiger partial charge in [0.1, 0.15) is 11.6 Å². The molecule has 3 nitrogen and oxygen atoms in total. The van der Waals surface area contributed by atoms with Crippen LogP contribution in [0.3, 0.4) is 0 Å². The summed E-state index contributed by atoms with van der Waals surface area (Å²) in [5.74, 6) is -0.503. The van der Waals surface area contributed by atoms with E-state index in [9.17, 15) is 10.1 Å². The van der Waals surface area contributed by atoms with Gasteiger partial charge in [0, 0.05) is 5.02 Å². The third kappa shape index (κ3) is 4.35. The van der Waals surface area contributed by atoms with E-state index in [2.05, 4.69) is 5.32 Å². The Hall–Kier alpha value is -2.28. The monoisotopic (exact) mass is 344 g/mol. The first kappa shape index (κ1) is 17.1. The van der Waals surface area contributed by atoms with Gasteiger partial charge in [-0.1, -0.05) is 41.4 Å². The normalized spacial score (nSPS) is 11.0. The summed E-state index contributed by atoms with van der Waals surface area (Å²) in [7, 11) is 0. The molecule has 0 heterocycles. The minimum atomic E-state index is -0.503. The molecule has 0 fully saturated rings. The number of hydrogen-bond acceptors (Lipinski definition) is 2. The molecule has 0 saturated carbocycles. The maximum absolute atomic E-state index is 12.3. The maximum Gasteiger partial charge on any atom is 0.266 e. The third-order valence-corrected chi connectivity index (χ3v) is 3.77. The number of hydrogen-bond donors (Lipinski definition) is 1. The number of benzene rings is 2. The number of carbonyl (C=O) groups is 1. The molecular weight excluding hydrogens is 331 g/mol. The Bertz CT molecular complexity index is 795. The van der Waals surface area contributed by atoms with Gasteiger partial charge in [0.2, 0.25) is 0 Å². The van der Waals surface area contributed by atoms with Crippen molar-refractivity contribution < 1.29 is 4.79 Å². The van der Waals surface area contributed by atoms with Gasteiger partial charge in [0.05, 0.1) is 10.7 Å². The summed E-state index contributed by atoms with van der Waals surface area (Å²) in [4.78, 5) is 12.3. The summed E-state index contributed by atoms with van der Waals surface area (Å²) < 4.78 is 0. The number of nitrogens with one attached hydrogen (secondary N) is 1. The zero-order chi connectivity index (χ0) is 17.0.